The predicted octanol–water partition coefficient (Wildman–Crippen LogP) is 5.14. The molecule has 0 bridgehead atoms. The van der Waals surface area contributed by atoms with Gasteiger partial charge in [-0.2, -0.15) is 0 Å². The number of urea groups is 1. The number of nitrogens with zero attached hydrogens (tertiary/aromatic N) is 3. The van der Waals surface area contributed by atoms with E-state index in [2.05, 4.69) is 20.1 Å². The molecule has 9 nitrogen and oxygen atoms in total. The van der Waals surface area contributed by atoms with Gasteiger partial charge in [0.25, 0.3) is 10.0 Å². The molecule has 0 aliphatic heterocycles. The van der Waals surface area contributed by atoms with Gasteiger partial charge in [0.2, 0.25) is 0 Å². The Hall–Kier alpha value is -4.37. The van der Waals surface area contributed by atoms with Crippen LogP contribution in [0.4, 0.5) is 10.5 Å². The Labute approximate surface area is 221 Å². The van der Waals surface area contributed by atoms with Gasteiger partial charge < -0.3 is 15.7 Å². The number of rotatable bonds is 9. The molecule has 1 atom stereocenters. The van der Waals surface area contributed by atoms with Crippen molar-refractivity contribution in [2.24, 2.45) is 9.93 Å². The van der Waals surface area contributed by atoms with Crippen LogP contribution in [-0.2, 0) is 22.9 Å². The van der Waals surface area contributed by atoms with E-state index in [4.69, 9.17) is 5.53 Å². The second kappa shape index (κ2) is 11.8. The van der Waals surface area contributed by atoms with Crippen molar-refractivity contribution in [1.29, 1.82) is 0 Å². The summed E-state index contributed by atoms with van der Waals surface area (Å²) in [6, 6.07) is 24.8. The van der Waals surface area contributed by atoms with Crippen LogP contribution in [-0.4, -0.2) is 32.2 Å². The van der Waals surface area contributed by atoms with Crippen molar-refractivity contribution >= 4 is 21.7 Å². The summed E-state index contributed by atoms with van der Waals surface area (Å²) in [6.45, 7) is 0.226. The van der Waals surface area contributed by atoms with Crippen molar-refractivity contribution in [2.75, 3.05) is 11.9 Å². The Balaban J connectivity index is 1.48. The molecule has 0 saturated carbocycles. The molecule has 0 saturated heterocycles. The fourth-order valence-electron chi connectivity index (χ4n) is 4.51. The van der Waals surface area contributed by atoms with Crippen LogP contribution in [0.25, 0.3) is 10.4 Å². The highest BCUT2D eigenvalue weighted by Crippen LogP contribution is 2.38. The number of carbonyl (C=O) groups excluding carboxylic acids is 1. The molecule has 1 aliphatic carbocycles. The molecule has 0 radical (unpaired) electrons. The number of anilines is 1. The first kappa shape index (κ1) is 26.7. The monoisotopic (exact) mass is 529 g/mol. The Morgan fingerprint density at radius 2 is 1.53 bits per heavy atom. The second-order valence-corrected chi connectivity index (χ2v) is 10.6. The quantitative estimate of drug-likeness (QED) is 0.200. The van der Waals surface area contributed by atoms with Gasteiger partial charge in [-0.25, -0.2) is 13.2 Å². The van der Waals surface area contributed by atoms with Crippen LogP contribution in [0.1, 0.15) is 11.1 Å². The molecule has 3 aromatic rings. The van der Waals surface area contributed by atoms with E-state index in [0.717, 1.165) is 16.7 Å². The van der Waals surface area contributed by atoms with E-state index in [1.807, 2.05) is 72.8 Å². The van der Waals surface area contributed by atoms with E-state index in [0.29, 0.717) is 18.5 Å². The average molecular weight is 530 g/mol. The maximum Gasteiger partial charge on any atom is 0.319 e. The van der Waals surface area contributed by atoms with E-state index in [1.54, 1.807) is 6.08 Å². The lowest BCUT2D eigenvalue weighted by Crippen LogP contribution is -2.40. The standard InChI is InChI=1S/C28H27N5O4S/c29-32-33-38(36,37)25-14-12-24(13-15-25)31-27(35)30-20-23-11-16-26(34)28(19-23,17-21-7-3-1-4-8-21)18-22-9-5-2-6-10-22/h1-16,19,26,34H,17-18,20H2,(H2,30,31,35). The largest absolute Gasteiger partial charge is 0.388 e. The zero-order chi connectivity index (χ0) is 27.0. The molecule has 4 rings (SSSR count). The first-order valence-corrected chi connectivity index (χ1v) is 13.4. The fourth-order valence-corrected chi connectivity index (χ4v) is 5.18. The molecule has 194 valence electrons. The third kappa shape index (κ3) is 6.68. The molecule has 0 fully saturated rings. The van der Waals surface area contributed by atoms with Gasteiger partial charge in [-0.05, 0) is 59.3 Å². The predicted molar refractivity (Wildman–Crippen MR) is 146 cm³/mol. The van der Waals surface area contributed by atoms with Crippen molar-refractivity contribution in [3.05, 3.63) is 130 Å². The number of aliphatic hydroxyl groups is 1. The van der Waals surface area contributed by atoms with Crippen LogP contribution in [0.5, 0.6) is 0 Å². The third-order valence-electron chi connectivity index (χ3n) is 6.31. The van der Waals surface area contributed by atoms with Crippen LogP contribution >= 0.6 is 0 Å². The van der Waals surface area contributed by atoms with E-state index >= 15 is 0 Å². The molecular weight excluding hydrogens is 502 g/mol. The minimum Gasteiger partial charge on any atom is -0.388 e. The van der Waals surface area contributed by atoms with Gasteiger partial charge in [0.05, 0.1) is 11.0 Å². The molecule has 3 aromatic carbocycles. The van der Waals surface area contributed by atoms with E-state index in [9.17, 15) is 18.3 Å². The third-order valence-corrected chi connectivity index (χ3v) is 7.47. The summed E-state index contributed by atoms with van der Waals surface area (Å²) in [4.78, 5) is 14.7. The summed E-state index contributed by atoms with van der Waals surface area (Å²) in [7, 11) is -4.10. The molecule has 10 heteroatoms. The van der Waals surface area contributed by atoms with Gasteiger partial charge in [-0.15, -0.1) is 0 Å². The number of benzene rings is 3. The number of hydrogen-bond acceptors (Lipinski definition) is 4. The molecule has 1 aliphatic rings. The minimum absolute atomic E-state index is 0.175. The lowest BCUT2D eigenvalue weighted by atomic mass is 9.69. The molecule has 2 amide bonds. The number of sulfonamides is 1. The molecule has 1 unspecified atom stereocenters. The van der Waals surface area contributed by atoms with Crippen molar-refractivity contribution in [3.8, 4) is 0 Å². The van der Waals surface area contributed by atoms with Gasteiger partial charge in [0, 0.05) is 27.1 Å². The topological polar surface area (TPSA) is 144 Å². The summed E-state index contributed by atoms with van der Waals surface area (Å²) in [5.41, 5.74) is 11.2. The smallest absolute Gasteiger partial charge is 0.319 e. The minimum atomic E-state index is -4.10. The number of azide groups is 1. The van der Waals surface area contributed by atoms with Crippen LogP contribution in [0.2, 0.25) is 0 Å². The summed E-state index contributed by atoms with van der Waals surface area (Å²) in [5.74, 6) is 0. The highest BCUT2D eigenvalue weighted by Gasteiger charge is 2.37. The van der Waals surface area contributed by atoms with Crippen LogP contribution in [0.3, 0.4) is 0 Å². The van der Waals surface area contributed by atoms with Crippen LogP contribution < -0.4 is 10.6 Å². The second-order valence-electron chi connectivity index (χ2n) is 9.06. The lowest BCUT2D eigenvalue weighted by molar-refractivity contribution is 0.0958. The van der Waals surface area contributed by atoms with Gasteiger partial charge in [0.15, 0.2) is 0 Å². The summed E-state index contributed by atoms with van der Waals surface area (Å²) in [5, 5.41) is 16.6. The normalized spacial score (nSPS) is 16.1. The summed E-state index contributed by atoms with van der Waals surface area (Å²) >= 11 is 0. The number of carbonyl (C=O) groups is 1. The lowest BCUT2D eigenvalue weighted by Gasteiger charge is -2.38. The van der Waals surface area contributed by atoms with Crippen molar-refractivity contribution in [1.82, 2.24) is 5.32 Å². The Morgan fingerprint density at radius 3 is 2.08 bits per heavy atom. The molecule has 0 aromatic heterocycles. The Bertz CT molecular complexity index is 1440. The fraction of sp³-hybridized carbons (Fsp3) is 0.179. The number of amides is 2. The van der Waals surface area contributed by atoms with Crippen molar-refractivity contribution in [3.63, 3.8) is 0 Å². The highest BCUT2D eigenvalue weighted by molar-refractivity contribution is 7.90. The number of nitrogens with one attached hydrogen (secondary N) is 2. The summed E-state index contributed by atoms with van der Waals surface area (Å²) in [6.07, 6.45) is 6.16. The molecule has 0 spiro atoms. The molecule has 3 N–H and O–H groups in total. The van der Waals surface area contributed by atoms with Gasteiger partial charge in [0.1, 0.15) is 0 Å². The van der Waals surface area contributed by atoms with E-state index in [1.165, 1.54) is 24.3 Å². The zero-order valence-corrected chi connectivity index (χ0v) is 21.3. The SMILES string of the molecule is [N-]=[N+]=NS(=O)(=O)c1ccc(NC(=O)NCC2=CC(Cc3ccccc3)(Cc3ccccc3)C(O)C=C2)cc1. The number of hydrogen-bond donors (Lipinski definition) is 3. The van der Waals surface area contributed by atoms with Gasteiger partial charge >= 0.3 is 6.03 Å². The average Bonchev–Trinajstić information content (AvgIpc) is 2.91. The Kier molecular flexibility index (Phi) is 8.28. The molecular formula is C28H27N5O4S. The maximum absolute atomic E-state index is 12.5. The zero-order valence-electron chi connectivity index (χ0n) is 20.4. The molecule has 0 heterocycles. The molecule has 38 heavy (non-hydrogen) atoms. The van der Waals surface area contributed by atoms with Crippen molar-refractivity contribution < 1.29 is 18.3 Å². The van der Waals surface area contributed by atoms with Crippen molar-refractivity contribution in [2.45, 2.75) is 23.8 Å². The maximum atomic E-state index is 12.5. The van der Waals surface area contributed by atoms with Crippen LogP contribution in [0.15, 0.2) is 118 Å². The number of aliphatic hydroxyl groups excluding tert-OH is 1. The summed E-state index contributed by atoms with van der Waals surface area (Å²) < 4.78 is 26.4. The van der Waals surface area contributed by atoms with Gasteiger partial charge in [-0.1, -0.05) is 78.9 Å². The highest BCUT2D eigenvalue weighted by atomic mass is 32.2. The first-order chi connectivity index (χ1) is 18.3. The first-order valence-electron chi connectivity index (χ1n) is 11.9. The van der Waals surface area contributed by atoms with Gasteiger partial charge in [-0.3, -0.25) is 0 Å². The van der Waals surface area contributed by atoms with E-state index in [-0.39, 0.29) is 11.4 Å². The van der Waals surface area contributed by atoms with E-state index < -0.39 is 27.6 Å². The van der Waals surface area contributed by atoms with Crippen LogP contribution in [0, 0.1) is 5.41 Å². The Morgan fingerprint density at radius 1 is 0.947 bits per heavy atom.